The molecule has 0 unspecified atom stereocenters. The summed E-state index contributed by atoms with van der Waals surface area (Å²) in [5.74, 6) is -0.256. The third-order valence-electron chi connectivity index (χ3n) is 1.97. The molecule has 0 aliphatic rings. The van der Waals surface area contributed by atoms with Gasteiger partial charge in [0.05, 0.1) is 6.10 Å². The summed E-state index contributed by atoms with van der Waals surface area (Å²) in [7, 11) is 0. The minimum Gasteiger partial charge on any atom is -0.488 e. The Bertz CT molecular complexity index is 531. The number of anilines is 1. The Morgan fingerprint density at radius 3 is 2.83 bits per heavy atom. The summed E-state index contributed by atoms with van der Waals surface area (Å²) in [4.78, 5) is 4.76. The SMILES string of the molecule is CC(C)Oc1cc(Sc2ncns2)c(N)cc1F. The Morgan fingerprint density at radius 2 is 2.22 bits per heavy atom. The molecule has 0 aliphatic heterocycles. The Balaban J connectivity index is 2.29. The molecule has 0 spiro atoms. The van der Waals surface area contributed by atoms with Crippen molar-refractivity contribution in [2.24, 2.45) is 0 Å². The molecule has 96 valence electrons. The van der Waals surface area contributed by atoms with Crippen molar-refractivity contribution in [2.45, 2.75) is 29.2 Å². The average Bonchev–Trinajstić information content (AvgIpc) is 2.77. The molecule has 0 saturated heterocycles. The van der Waals surface area contributed by atoms with E-state index in [9.17, 15) is 4.39 Å². The molecule has 1 aromatic heterocycles. The lowest BCUT2D eigenvalue weighted by Crippen LogP contribution is -2.07. The van der Waals surface area contributed by atoms with Gasteiger partial charge in [-0.15, -0.1) is 0 Å². The second-order valence-corrected chi connectivity index (χ2v) is 5.87. The molecule has 2 N–H and O–H groups in total. The second-order valence-electron chi connectivity index (χ2n) is 3.80. The van der Waals surface area contributed by atoms with Gasteiger partial charge in [-0.05, 0) is 31.4 Å². The molecule has 0 atom stereocenters. The van der Waals surface area contributed by atoms with Gasteiger partial charge in [0.2, 0.25) is 0 Å². The van der Waals surface area contributed by atoms with E-state index in [0.717, 1.165) is 4.34 Å². The summed E-state index contributed by atoms with van der Waals surface area (Å²) >= 11 is 2.61. The van der Waals surface area contributed by atoms with Gasteiger partial charge in [-0.1, -0.05) is 11.8 Å². The zero-order valence-corrected chi connectivity index (χ0v) is 11.5. The Kier molecular flexibility index (Phi) is 4.03. The quantitative estimate of drug-likeness (QED) is 0.874. The van der Waals surface area contributed by atoms with Gasteiger partial charge >= 0.3 is 0 Å². The molecule has 0 saturated carbocycles. The topological polar surface area (TPSA) is 61.0 Å². The molecule has 0 radical (unpaired) electrons. The van der Waals surface area contributed by atoms with E-state index in [-0.39, 0.29) is 11.9 Å². The van der Waals surface area contributed by atoms with Crippen molar-refractivity contribution < 1.29 is 9.13 Å². The number of ether oxygens (including phenoxy) is 1. The van der Waals surface area contributed by atoms with Crippen LogP contribution in [-0.2, 0) is 0 Å². The smallest absolute Gasteiger partial charge is 0.174 e. The zero-order chi connectivity index (χ0) is 13.1. The Hall–Kier alpha value is -1.34. The molecule has 18 heavy (non-hydrogen) atoms. The van der Waals surface area contributed by atoms with Crippen LogP contribution in [0, 0.1) is 5.82 Å². The number of rotatable bonds is 4. The lowest BCUT2D eigenvalue weighted by Gasteiger charge is -2.12. The molecule has 1 aromatic carbocycles. The largest absolute Gasteiger partial charge is 0.488 e. The summed E-state index contributed by atoms with van der Waals surface area (Å²) in [6.07, 6.45) is 1.38. The summed E-state index contributed by atoms with van der Waals surface area (Å²) in [5, 5.41) is 0. The molecule has 2 rings (SSSR count). The van der Waals surface area contributed by atoms with Gasteiger partial charge in [-0.3, -0.25) is 0 Å². The van der Waals surface area contributed by atoms with E-state index in [1.807, 2.05) is 13.8 Å². The van der Waals surface area contributed by atoms with E-state index in [1.165, 1.54) is 35.7 Å². The van der Waals surface area contributed by atoms with Gasteiger partial charge in [0.15, 0.2) is 15.9 Å². The maximum absolute atomic E-state index is 13.6. The number of hydrogen-bond acceptors (Lipinski definition) is 6. The van der Waals surface area contributed by atoms with Crippen molar-refractivity contribution >= 4 is 29.0 Å². The van der Waals surface area contributed by atoms with Crippen LogP contribution in [0.1, 0.15) is 13.8 Å². The van der Waals surface area contributed by atoms with Crippen LogP contribution in [-0.4, -0.2) is 15.5 Å². The van der Waals surface area contributed by atoms with Crippen molar-refractivity contribution in [3.05, 3.63) is 24.3 Å². The first-order valence-corrected chi connectivity index (χ1v) is 6.85. The summed E-state index contributed by atoms with van der Waals surface area (Å²) in [6.45, 7) is 3.68. The average molecular weight is 285 g/mol. The van der Waals surface area contributed by atoms with Crippen molar-refractivity contribution in [2.75, 3.05) is 5.73 Å². The predicted octanol–water partition coefficient (Wildman–Crippen LogP) is 3.20. The first-order chi connectivity index (χ1) is 8.56. The normalized spacial score (nSPS) is 10.9. The van der Waals surface area contributed by atoms with Crippen LogP contribution in [0.15, 0.2) is 27.7 Å². The Labute approximate surface area is 113 Å². The number of benzene rings is 1. The van der Waals surface area contributed by atoms with Crippen molar-refractivity contribution in [3.8, 4) is 5.75 Å². The summed E-state index contributed by atoms with van der Waals surface area (Å²) < 4.78 is 23.7. The maximum Gasteiger partial charge on any atom is 0.174 e. The maximum atomic E-state index is 13.6. The monoisotopic (exact) mass is 285 g/mol. The molecule has 2 aromatic rings. The van der Waals surface area contributed by atoms with Gasteiger partial charge in [0.1, 0.15) is 6.33 Å². The third kappa shape index (κ3) is 3.11. The van der Waals surface area contributed by atoms with Gasteiger partial charge in [-0.25, -0.2) is 9.37 Å². The third-order valence-corrected chi connectivity index (χ3v) is 3.75. The molecule has 0 aliphatic carbocycles. The van der Waals surface area contributed by atoms with E-state index in [1.54, 1.807) is 6.07 Å². The van der Waals surface area contributed by atoms with E-state index in [2.05, 4.69) is 9.36 Å². The number of nitrogens with two attached hydrogens (primary N) is 1. The van der Waals surface area contributed by atoms with Crippen LogP contribution in [0.25, 0.3) is 0 Å². The molecule has 4 nitrogen and oxygen atoms in total. The summed E-state index contributed by atoms with van der Waals surface area (Å²) in [6, 6.07) is 2.86. The Morgan fingerprint density at radius 1 is 1.44 bits per heavy atom. The lowest BCUT2D eigenvalue weighted by atomic mass is 10.3. The van der Waals surface area contributed by atoms with E-state index >= 15 is 0 Å². The van der Waals surface area contributed by atoms with Crippen LogP contribution >= 0.6 is 23.3 Å². The van der Waals surface area contributed by atoms with Crippen LogP contribution in [0.5, 0.6) is 5.75 Å². The molecular weight excluding hydrogens is 273 g/mol. The first kappa shape index (κ1) is 13.1. The number of aromatic nitrogens is 2. The molecule has 7 heteroatoms. The number of hydrogen-bond donors (Lipinski definition) is 1. The summed E-state index contributed by atoms with van der Waals surface area (Å²) in [5.41, 5.74) is 6.14. The van der Waals surface area contributed by atoms with Crippen LogP contribution < -0.4 is 10.5 Å². The number of nitrogen functional groups attached to an aromatic ring is 1. The second kappa shape index (κ2) is 5.53. The van der Waals surface area contributed by atoms with Crippen LogP contribution in [0.4, 0.5) is 10.1 Å². The minimum atomic E-state index is -0.456. The lowest BCUT2D eigenvalue weighted by molar-refractivity contribution is 0.230. The fourth-order valence-corrected chi connectivity index (χ4v) is 2.74. The first-order valence-electron chi connectivity index (χ1n) is 5.26. The van der Waals surface area contributed by atoms with Gasteiger partial charge in [-0.2, -0.15) is 4.37 Å². The van der Waals surface area contributed by atoms with Gasteiger partial charge < -0.3 is 10.5 Å². The highest BCUT2D eigenvalue weighted by Crippen LogP contribution is 2.36. The van der Waals surface area contributed by atoms with Crippen molar-refractivity contribution in [1.82, 2.24) is 9.36 Å². The van der Waals surface area contributed by atoms with Crippen molar-refractivity contribution in [1.29, 1.82) is 0 Å². The predicted molar refractivity (Wildman–Crippen MR) is 70.6 cm³/mol. The molecule has 0 fully saturated rings. The van der Waals surface area contributed by atoms with Crippen LogP contribution in [0.3, 0.4) is 0 Å². The highest BCUT2D eigenvalue weighted by molar-refractivity contribution is 8.01. The molecular formula is C11H12FN3OS2. The van der Waals surface area contributed by atoms with E-state index in [4.69, 9.17) is 10.5 Å². The zero-order valence-electron chi connectivity index (χ0n) is 9.88. The number of nitrogens with zero attached hydrogens (tertiary/aromatic N) is 2. The molecule has 1 heterocycles. The van der Waals surface area contributed by atoms with E-state index in [0.29, 0.717) is 10.6 Å². The van der Waals surface area contributed by atoms with Crippen LogP contribution in [0.2, 0.25) is 0 Å². The molecule has 0 bridgehead atoms. The standard InChI is InChI=1S/C11H12FN3OS2/c1-6(2)16-9-4-10(8(13)3-7(9)12)17-11-14-5-15-18-11/h3-6H,13H2,1-2H3. The minimum absolute atomic E-state index is 0.0949. The van der Waals surface area contributed by atoms with E-state index < -0.39 is 5.82 Å². The van der Waals surface area contributed by atoms with Gasteiger partial charge in [0.25, 0.3) is 0 Å². The highest BCUT2D eigenvalue weighted by atomic mass is 32.2. The molecule has 0 amide bonds. The highest BCUT2D eigenvalue weighted by Gasteiger charge is 2.12. The fourth-order valence-electron chi connectivity index (χ4n) is 1.28. The fraction of sp³-hybridized carbons (Fsp3) is 0.273. The van der Waals surface area contributed by atoms with Crippen molar-refractivity contribution in [3.63, 3.8) is 0 Å². The number of halogens is 1. The van der Waals surface area contributed by atoms with Gasteiger partial charge in [0, 0.05) is 16.6 Å².